The largest absolute Gasteiger partial charge is 1.00 e. The van der Waals surface area contributed by atoms with Crippen LogP contribution < -0.4 is 160 Å². The van der Waals surface area contributed by atoms with Gasteiger partial charge in [-0.25, -0.2) is 22.5 Å². The third-order valence-electron chi connectivity index (χ3n) is 6.32. The molecule has 0 amide bonds. The first-order chi connectivity index (χ1) is 22.5. The molecule has 0 radical (unpaired) electrons. The van der Waals surface area contributed by atoms with Gasteiger partial charge in [-0.2, -0.15) is 0 Å². The van der Waals surface area contributed by atoms with Gasteiger partial charge in [-0.3, -0.25) is 47.0 Å². The van der Waals surface area contributed by atoms with Crippen LogP contribution in [0.5, 0.6) is 0 Å². The molecule has 4 unspecified atom stereocenters. The fraction of sp³-hybridized carbons (Fsp3) is 0.556. The molecule has 2 saturated heterocycles. The Kier molecular flexibility index (Phi) is 22.5. The molecule has 0 aliphatic carbocycles. The number of aromatic nitrogens is 4. The van der Waals surface area contributed by atoms with Crippen molar-refractivity contribution >= 4 is 31.3 Å². The minimum absolute atomic E-state index is 0. The smallest absolute Gasteiger partial charge is 0.756 e. The number of aliphatic hydroxyl groups excluding tert-OH is 4. The van der Waals surface area contributed by atoms with Gasteiger partial charge in [0.2, 0.25) is 0 Å². The summed E-state index contributed by atoms with van der Waals surface area (Å²) in [6.45, 7) is -2.66. The molecule has 27 nitrogen and oxygen atoms in total. The Morgan fingerprint density at radius 3 is 1.19 bits per heavy atom. The summed E-state index contributed by atoms with van der Waals surface area (Å²) in [5.41, 5.74) is -3.89. The van der Waals surface area contributed by atoms with Gasteiger partial charge in [0.25, 0.3) is 42.4 Å². The van der Waals surface area contributed by atoms with E-state index in [1.54, 1.807) is 0 Å². The van der Waals surface area contributed by atoms with E-state index in [1.807, 2.05) is 9.97 Å². The Balaban J connectivity index is 0.00000676. The van der Waals surface area contributed by atoms with Crippen LogP contribution in [0.25, 0.3) is 0 Å². The first kappa shape index (κ1) is 54.7. The maximum atomic E-state index is 12.0. The van der Waals surface area contributed by atoms with Gasteiger partial charge >= 0.3 is 130 Å². The molecular weight excluding hydrogens is 856 g/mol. The minimum atomic E-state index is -6.64. The molecule has 2 aliphatic heterocycles. The normalized spacial score (nSPS) is 29.7. The van der Waals surface area contributed by atoms with E-state index in [0.717, 1.165) is 24.5 Å². The maximum Gasteiger partial charge on any atom is 1.00 e. The first-order valence-electron chi connectivity index (χ1n) is 12.8. The van der Waals surface area contributed by atoms with Gasteiger partial charge in [0.1, 0.15) is 36.6 Å². The number of hydrogen-bond acceptors (Lipinski definition) is 23. The zero-order valence-corrected chi connectivity index (χ0v) is 39.1. The van der Waals surface area contributed by atoms with Crippen molar-refractivity contribution in [2.75, 3.05) is 13.2 Å². The predicted molar refractivity (Wildman–Crippen MR) is 140 cm³/mol. The van der Waals surface area contributed by atoms with Crippen LogP contribution in [0.3, 0.4) is 0 Å². The van der Waals surface area contributed by atoms with E-state index in [2.05, 4.69) is 22.0 Å². The number of phosphoric acid groups is 4. The summed E-state index contributed by atoms with van der Waals surface area (Å²) in [4.78, 5) is 97.9. The second-order valence-corrected chi connectivity index (χ2v) is 15.8. The molecule has 35 heteroatoms. The van der Waals surface area contributed by atoms with Crippen LogP contribution in [0.1, 0.15) is 12.5 Å². The summed E-state index contributed by atoms with van der Waals surface area (Å²) in [5, 5.41) is 40.5. The van der Waals surface area contributed by atoms with Crippen molar-refractivity contribution in [2.24, 2.45) is 0 Å². The third-order valence-corrected chi connectivity index (χ3v) is 12.0. The SMILES string of the molecule is O=c1ccn([C@@H]2O[C@H](COP(=O)([O-])OP(=O)([O-])OP(=O)([O-])OP(=O)([O-])OC[C@H]3O[C@H](n4ccc(=O)[nH]c4=O)[C@H](O)[C@@H]3O)[C@@H](O)[C@H]2O)c(=O)[nH]1.[Na+].[Na+].[Na+].[Na+]. The molecule has 0 bridgehead atoms. The number of rotatable bonds is 14. The second kappa shape index (κ2) is 21.8. The fourth-order valence-electron chi connectivity index (χ4n) is 4.22. The zero-order valence-electron chi connectivity index (χ0n) is 27.6. The van der Waals surface area contributed by atoms with E-state index < -0.39 is 116 Å². The Hall–Kier alpha value is 1.68. The van der Waals surface area contributed by atoms with E-state index in [1.165, 1.54) is 0 Å². The molecule has 2 aromatic heterocycles. The van der Waals surface area contributed by atoms with Crippen molar-refractivity contribution in [3.8, 4) is 0 Å². The molecule has 2 fully saturated rings. The number of phosphoric ester groups is 2. The van der Waals surface area contributed by atoms with Crippen LogP contribution in [0.2, 0.25) is 0 Å². The van der Waals surface area contributed by atoms with Crippen molar-refractivity contribution < 1.29 is 208 Å². The molecule has 276 valence electrons. The Labute approximate surface area is 382 Å². The quantitative estimate of drug-likeness (QED) is 0.0758. The summed E-state index contributed by atoms with van der Waals surface area (Å²) in [5.74, 6) is 0. The Morgan fingerprint density at radius 1 is 0.585 bits per heavy atom. The summed E-state index contributed by atoms with van der Waals surface area (Å²) >= 11 is 0. The van der Waals surface area contributed by atoms with E-state index in [4.69, 9.17) is 9.47 Å². The maximum absolute atomic E-state index is 12.0. The second-order valence-electron chi connectivity index (χ2n) is 9.75. The van der Waals surface area contributed by atoms with E-state index in [0.29, 0.717) is 9.13 Å². The summed E-state index contributed by atoms with van der Waals surface area (Å²) in [6.07, 6.45) is -13.2. The number of H-pyrrole nitrogens is 2. The first-order valence-corrected chi connectivity index (χ1v) is 18.7. The minimum Gasteiger partial charge on any atom is -0.756 e. The van der Waals surface area contributed by atoms with Gasteiger partial charge in [0.15, 0.2) is 12.5 Å². The number of aliphatic hydroxyl groups is 4. The average Bonchev–Trinajstić information content (AvgIpc) is 3.38. The fourth-order valence-corrected chi connectivity index (χ4v) is 8.97. The van der Waals surface area contributed by atoms with E-state index in [-0.39, 0.29) is 118 Å². The molecular formula is C18H22N4Na4O23P4. The van der Waals surface area contributed by atoms with E-state index >= 15 is 0 Å². The van der Waals surface area contributed by atoms with Crippen LogP contribution in [-0.2, 0) is 49.7 Å². The summed E-state index contributed by atoms with van der Waals surface area (Å²) in [7, 11) is -25.6. The molecule has 0 spiro atoms. The van der Waals surface area contributed by atoms with Crippen molar-refractivity contribution in [2.45, 2.75) is 49.1 Å². The van der Waals surface area contributed by atoms with Crippen molar-refractivity contribution in [3.63, 3.8) is 0 Å². The standard InChI is InChI=1S/C18H26N4O23P4.4Na/c23-9-1-3-21(17(29)19-9)15-13(27)11(25)7(41-15)5-39-46(31,32)43-48(35,36)45-49(37,38)44-47(33,34)40-6-8-12(26)14(28)16(42-8)22-4-2-10(24)20-18(22)30;;;;/h1-4,7-8,11-16,25-28H,5-6H2,(H,31,32)(H,33,34)(H,35,36)(H,37,38)(H,19,23,29)(H,20,24,30);;;;/q;4*+1/p-4/t7-,8-,11-,12-,13-,14-,15-,16+;;;;/m1..../s1. The molecule has 0 saturated carbocycles. The van der Waals surface area contributed by atoms with Gasteiger partial charge in [-0.15, -0.1) is 0 Å². The molecule has 2 aliphatic rings. The summed E-state index contributed by atoms with van der Waals surface area (Å²) < 4.78 is 78.3. The van der Waals surface area contributed by atoms with Gasteiger partial charge in [-0.1, -0.05) is 0 Å². The van der Waals surface area contributed by atoms with Gasteiger partial charge < -0.3 is 58.5 Å². The molecule has 2 aromatic rings. The van der Waals surface area contributed by atoms with Gasteiger partial charge in [0.05, 0.1) is 13.2 Å². The Bertz CT molecular complexity index is 1840. The van der Waals surface area contributed by atoms with Gasteiger partial charge in [0, 0.05) is 24.5 Å². The van der Waals surface area contributed by atoms with E-state index in [9.17, 15) is 77.4 Å². The number of hydrogen-bond donors (Lipinski definition) is 6. The molecule has 4 heterocycles. The van der Waals surface area contributed by atoms with Crippen molar-refractivity contribution in [1.29, 1.82) is 0 Å². The molecule has 0 aromatic carbocycles. The van der Waals surface area contributed by atoms with Crippen LogP contribution >= 0.6 is 31.3 Å². The molecule has 53 heavy (non-hydrogen) atoms. The third kappa shape index (κ3) is 15.0. The molecule has 6 N–H and O–H groups in total. The monoisotopic (exact) mass is 878 g/mol. The number of ether oxygens (including phenoxy) is 2. The predicted octanol–water partition coefficient (Wildman–Crippen LogP) is -18.7. The topological polar surface area (TPSA) is 416 Å². The van der Waals surface area contributed by atoms with Crippen molar-refractivity contribution in [3.05, 3.63) is 66.2 Å². The number of nitrogens with zero attached hydrogens (tertiary/aromatic N) is 2. The van der Waals surface area contributed by atoms with Crippen LogP contribution in [0.15, 0.2) is 43.7 Å². The van der Waals surface area contributed by atoms with Crippen LogP contribution in [0, 0.1) is 0 Å². The molecule has 12 atom stereocenters. The van der Waals surface area contributed by atoms with Crippen LogP contribution in [0.4, 0.5) is 0 Å². The summed E-state index contributed by atoms with van der Waals surface area (Å²) in [6, 6.07) is 1.68. The molecule has 4 rings (SSSR count). The number of aromatic amines is 2. The average molecular weight is 878 g/mol. The van der Waals surface area contributed by atoms with Crippen LogP contribution in [-0.4, -0.2) is 89.4 Å². The Morgan fingerprint density at radius 2 is 0.887 bits per heavy atom. The number of nitrogens with one attached hydrogen (secondary N) is 2. The van der Waals surface area contributed by atoms with Gasteiger partial charge in [-0.05, 0) is 0 Å². The van der Waals surface area contributed by atoms with Crippen molar-refractivity contribution in [1.82, 2.24) is 19.1 Å². The zero-order chi connectivity index (χ0) is 36.7.